The predicted molar refractivity (Wildman–Crippen MR) is 291 cm³/mol. The fourth-order valence-electron chi connectivity index (χ4n) is 9.39. The van der Waals surface area contributed by atoms with Crippen LogP contribution >= 0.6 is 22.6 Å². The van der Waals surface area contributed by atoms with E-state index in [1.807, 2.05) is 87.4 Å². The van der Waals surface area contributed by atoms with Gasteiger partial charge in [-0.25, -0.2) is 33.8 Å². The van der Waals surface area contributed by atoms with Crippen LogP contribution in [0.5, 0.6) is 0 Å². The molecule has 3 saturated heterocycles. The summed E-state index contributed by atoms with van der Waals surface area (Å²) in [5.41, 5.74) is 7.06. The first-order valence-corrected chi connectivity index (χ1v) is 27.3. The summed E-state index contributed by atoms with van der Waals surface area (Å²) >= 11 is 2.28. The highest BCUT2D eigenvalue weighted by atomic mass is 127. The van der Waals surface area contributed by atoms with E-state index >= 15 is 0 Å². The summed E-state index contributed by atoms with van der Waals surface area (Å²) in [6, 6.07) is 7.82. The molecule has 2 saturated carbocycles. The molecular weight excluding hydrogens is 1090 g/mol. The quantitative estimate of drug-likeness (QED) is 0.0787. The zero-order valence-electron chi connectivity index (χ0n) is 45.9. The normalized spacial score (nSPS) is 18.4. The summed E-state index contributed by atoms with van der Waals surface area (Å²) in [5, 5.41) is 9.39. The monoisotopic (exact) mass is 1160 g/mol. The van der Waals surface area contributed by atoms with Gasteiger partial charge < -0.3 is 32.7 Å². The van der Waals surface area contributed by atoms with E-state index in [0.717, 1.165) is 105 Å². The highest BCUT2D eigenvalue weighted by Gasteiger charge is 2.37. The minimum atomic E-state index is -0.659. The molecule has 5 aliphatic rings. The van der Waals surface area contributed by atoms with Crippen molar-refractivity contribution in [3.8, 4) is 22.3 Å². The number of hydroxylamine groups is 2. The summed E-state index contributed by atoms with van der Waals surface area (Å²) in [4.78, 5) is 65.6. The van der Waals surface area contributed by atoms with Crippen molar-refractivity contribution in [2.45, 2.75) is 144 Å². The standard InChI is InChI=1S/C25H29N3O5.C20H22IN3O3.C7H13NO3.C4H8O/c1-13-20(14(2)33-27-13)17-10-18(22(29)16-8-9-31-12-16)21-19(11-17)28(23(26-21)15-6-7-15)24(30)32-25(3,4)5;1-10-16(11(2)27-23-10)13-8-14(21)17-15(9-13)24(18(22-17)12-6-7-12)19(25)26-20(3,4)5;1-8(10-2)7(9)6-3-4-11-5-6;1-2-4-5-3-1/h10-11,15-16H,6-9,12H2,1-5H3;8-9,12H,6-7H2,1-5H3;6H,3-5H2,1-2H3;1-4H2. The number of carbonyl (C=O) groups is 4. The molecule has 7 heterocycles. The summed E-state index contributed by atoms with van der Waals surface area (Å²) in [6.45, 7) is 22.9. The van der Waals surface area contributed by atoms with E-state index in [0.29, 0.717) is 66.9 Å². The molecule has 11 rings (SSSR count). The minimum Gasteiger partial charge on any atom is -0.443 e. The number of aryl methyl sites for hydroxylation is 4. The van der Waals surface area contributed by atoms with Crippen LogP contribution in [-0.4, -0.2) is 123 Å². The number of rotatable bonds is 8. The smallest absolute Gasteiger partial charge is 0.420 e. The Morgan fingerprint density at radius 3 is 1.49 bits per heavy atom. The Morgan fingerprint density at radius 2 is 1.09 bits per heavy atom. The number of benzene rings is 2. The van der Waals surface area contributed by atoms with E-state index in [-0.39, 0.29) is 35.5 Å². The van der Waals surface area contributed by atoms with E-state index in [1.165, 1.54) is 25.0 Å². The molecule has 2 aliphatic carbocycles. The van der Waals surface area contributed by atoms with Crippen molar-refractivity contribution < 1.29 is 56.7 Å². The summed E-state index contributed by atoms with van der Waals surface area (Å²) in [5.74, 6) is 3.15. The van der Waals surface area contributed by atoms with Crippen molar-refractivity contribution in [1.29, 1.82) is 0 Å². The van der Waals surface area contributed by atoms with E-state index < -0.39 is 17.3 Å². The van der Waals surface area contributed by atoms with Gasteiger partial charge in [-0.1, -0.05) is 10.3 Å². The number of hydrogen-bond donors (Lipinski definition) is 0. The molecule has 0 spiro atoms. The second-order valence-corrected chi connectivity index (χ2v) is 23.2. The number of Topliss-reactive ketones (excluding diaryl/α,β-unsaturated/α-hetero) is 1. The molecule has 3 aliphatic heterocycles. The first kappa shape index (κ1) is 56.6. The van der Waals surface area contributed by atoms with Crippen LogP contribution in [0.15, 0.2) is 33.3 Å². The van der Waals surface area contributed by atoms with Crippen molar-refractivity contribution in [3.63, 3.8) is 0 Å². The van der Waals surface area contributed by atoms with Crippen molar-refractivity contribution in [1.82, 2.24) is 34.5 Å². The maximum absolute atomic E-state index is 13.6. The molecule has 4 aromatic heterocycles. The number of halogens is 1. The van der Waals surface area contributed by atoms with Crippen LogP contribution in [0.4, 0.5) is 9.59 Å². The molecule has 0 radical (unpaired) electrons. The zero-order chi connectivity index (χ0) is 54.8. The lowest BCUT2D eigenvalue weighted by Gasteiger charge is -2.20. The van der Waals surface area contributed by atoms with Gasteiger partial charge in [0.05, 0.1) is 48.7 Å². The topological polar surface area (TPSA) is 215 Å². The lowest BCUT2D eigenvalue weighted by molar-refractivity contribution is -0.173. The Balaban J connectivity index is 0.000000158. The van der Waals surface area contributed by atoms with Crippen molar-refractivity contribution >= 4 is 68.5 Å². The van der Waals surface area contributed by atoms with E-state index in [9.17, 15) is 19.2 Å². The van der Waals surface area contributed by atoms with Gasteiger partial charge in [0, 0.05) is 71.5 Å². The van der Waals surface area contributed by atoms with Gasteiger partial charge in [0.25, 0.3) is 5.91 Å². The molecule has 0 bridgehead atoms. The SMILES string of the molecule is C1CCOC1.CON(C)C(=O)C1CCOC1.Cc1noc(C)c1-c1cc(C(=O)C2CCOC2)c2nc(C3CC3)n(C(=O)OC(C)(C)C)c2c1.Cc1noc(C)c1-c1cc(I)c2nc(C3CC3)n(C(=O)OC(C)(C)C)c2c1. The Morgan fingerprint density at radius 1 is 0.632 bits per heavy atom. The summed E-state index contributed by atoms with van der Waals surface area (Å²) in [6.07, 6.45) is 7.22. The fourth-order valence-corrected chi connectivity index (χ4v) is 10.1. The number of hydrogen-bond acceptors (Lipinski definition) is 16. The number of nitrogens with zero attached hydrogens (tertiary/aromatic N) is 7. The average Bonchev–Trinajstić information content (AvgIpc) is 3.87. The maximum Gasteiger partial charge on any atom is 0.420 e. The third kappa shape index (κ3) is 13.2. The molecule has 19 nitrogen and oxygen atoms in total. The number of aromatic nitrogens is 6. The molecule has 2 atom stereocenters. The molecule has 410 valence electrons. The Kier molecular flexibility index (Phi) is 17.6. The molecular formula is C56H72IN7O12. The number of carbonyl (C=O) groups excluding carboxylic acids is 4. The Bertz CT molecular complexity index is 3030. The Labute approximate surface area is 457 Å². The molecule has 2 unspecified atom stereocenters. The third-order valence-corrected chi connectivity index (χ3v) is 14.3. The van der Waals surface area contributed by atoms with Gasteiger partial charge in [0.15, 0.2) is 5.78 Å². The highest BCUT2D eigenvalue weighted by Crippen LogP contribution is 2.44. The van der Waals surface area contributed by atoms with Crippen LogP contribution in [0.1, 0.15) is 150 Å². The second kappa shape index (κ2) is 23.6. The average molecular weight is 1160 g/mol. The number of ether oxygens (including phenoxy) is 5. The zero-order valence-corrected chi connectivity index (χ0v) is 48.1. The molecule has 1 amide bonds. The molecule has 5 fully saturated rings. The molecule has 20 heteroatoms. The number of amides is 1. The van der Waals surface area contributed by atoms with E-state index in [4.69, 9.17) is 47.5 Å². The number of imidazole rings is 2. The van der Waals surface area contributed by atoms with Gasteiger partial charge in [-0.15, -0.1) is 0 Å². The van der Waals surface area contributed by atoms with Crippen LogP contribution in [-0.2, 0) is 33.3 Å². The van der Waals surface area contributed by atoms with Crippen LogP contribution in [0.2, 0.25) is 0 Å². The van der Waals surface area contributed by atoms with Crippen molar-refractivity contribution in [2.75, 3.05) is 53.8 Å². The molecule has 76 heavy (non-hydrogen) atoms. The second-order valence-electron chi connectivity index (χ2n) is 22.1. The maximum atomic E-state index is 13.6. The van der Waals surface area contributed by atoms with Gasteiger partial charge in [-0.05, 0) is 179 Å². The van der Waals surface area contributed by atoms with Gasteiger partial charge >= 0.3 is 12.2 Å². The molecule has 0 N–H and O–H groups in total. The van der Waals surface area contributed by atoms with Crippen LogP contribution in [0.3, 0.4) is 0 Å². The lowest BCUT2D eigenvalue weighted by Crippen LogP contribution is -2.32. The minimum absolute atomic E-state index is 0.0000463. The third-order valence-electron chi connectivity index (χ3n) is 13.5. The largest absolute Gasteiger partial charge is 0.443 e. The van der Waals surface area contributed by atoms with Crippen molar-refractivity contribution in [2.24, 2.45) is 11.8 Å². The van der Waals surface area contributed by atoms with Gasteiger partial charge in [-0.2, -0.15) is 0 Å². The Hall–Kier alpha value is -5.55. The van der Waals surface area contributed by atoms with Crippen LogP contribution in [0.25, 0.3) is 44.3 Å². The first-order chi connectivity index (χ1) is 36.0. The number of fused-ring (bicyclic) bond motifs is 2. The summed E-state index contributed by atoms with van der Waals surface area (Å²) < 4.78 is 41.8. The van der Waals surface area contributed by atoms with E-state index in [1.54, 1.807) is 16.2 Å². The van der Waals surface area contributed by atoms with Gasteiger partial charge in [0.1, 0.15) is 45.4 Å². The van der Waals surface area contributed by atoms with Crippen molar-refractivity contribution in [3.05, 3.63) is 68.0 Å². The predicted octanol–water partition coefficient (Wildman–Crippen LogP) is 11.6. The first-order valence-electron chi connectivity index (χ1n) is 26.3. The van der Waals surface area contributed by atoms with Crippen LogP contribution < -0.4 is 0 Å². The molecule has 6 aromatic rings. The number of ketones is 1. The van der Waals surface area contributed by atoms with Gasteiger partial charge in [0.2, 0.25) is 0 Å². The lowest BCUT2D eigenvalue weighted by atomic mass is 9.92. The summed E-state index contributed by atoms with van der Waals surface area (Å²) in [7, 11) is 3.09. The van der Waals surface area contributed by atoms with Crippen LogP contribution in [0, 0.1) is 43.1 Å². The fraction of sp³-hybridized carbons (Fsp3) is 0.571. The van der Waals surface area contributed by atoms with E-state index in [2.05, 4.69) is 39.0 Å². The molecule has 2 aromatic carbocycles. The highest BCUT2D eigenvalue weighted by molar-refractivity contribution is 14.1. The van der Waals surface area contributed by atoms with Gasteiger partial charge in [-0.3, -0.25) is 14.4 Å².